The molecule has 298 valence electrons. The molecule has 11 aromatic carbocycles. The highest BCUT2D eigenvalue weighted by molar-refractivity contribution is 6.11. The zero-order valence-corrected chi connectivity index (χ0v) is 35.3. The number of nitrogens with zero attached hydrogens (tertiary/aromatic N) is 2. The summed E-state index contributed by atoms with van der Waals surface area (Å²) in [6.45, 7) is 4.75. The van der Waals surface area contributed by atoms with Gasteiger partial charge in [0, 0.05) is 33.1 Å². The molecule has 0 amide bonds. The number of hydrogen-bond donors (Lipinski definition) is 0. The smallest absolute Gasteiger partial charge is 0.0618 e. The molecule has 0 saturated carbocycles. The Balaban J connectivity index is 1.04. The van der Waals surface area contributed by atoms with Crippen molar-refractivity contribution in [3.05, 3.63) is 242 Å². The first-order valence-electron chi connectivity index (χ1n) is 21.9. The summed E-state index contributed by atoms with van der Waals surface area (Å²) in [5, 5.41) is 9.80. The molecule has 11 aromatic rings. The third-order valence-corrected chi connectivity index (χ3v) is 13.4. The van der Waals surface area contributed by atoms with E-state index in [0.29, 0.717) is 0 Å². The minimum atomic E-state index is -0.228. The van der Waals surface area contributed by atoms with E-state index in [0.717, 1.165) is 17.1 Å². The molecule has 0 spiro atoms. The van der Waals surface area contributed by atoms with Gasteiger partial charge in [-0.25, -0.2) is 0 Å². The van der Waals surface area contributed by atoms with E-state index >= 15 is 0 Å². The average Bonchev–Trinajstić information content (AvgIpc) is 3.34. The number of hydrogen-bond acceptors (Lipinski definition) is 2. The van der Waals surface area contributed by atoms with E-state index in [1.807, 2.05) is 0 Å². The van der Waals surface area contributed by atoms with Crippen LogP contribution in [0.1, 0.15) is 25.0 Å². The Morgan fingerprint density at radius 3 is 1.70 bits per heavy atom. The van der Waals surface area contributed by atoms with Crippen molar-refractivity contribution in [1.82, 2.24) is 0 Å². The van der Waals surface area contributed by atoms with Crippen LogP contribution in [-0.2, 0) is 5.41 Å². The first-order valence-corrected chi connectivity index (χ1v) is 21.9. The Morgan fingerprint density at radius 1 is 0.349 bits per heavy atom. The molecule has 1 heterocycles. The zero-order chi connectivity index (χ0) is 42.1. The van der Waals surface area contributed by atoms with E-state index in [1.165, 1.54) is 93.5 Å². The molecule has 0 radical (unpaired) electrons. The predicted octanol–water partition coefficient (Wildman–Crippen LogP) is 17.2. The third-order valence-electron chi connectivity index (χ3n) is 13.4. The van der Waals surface area contributed by atoms with Gasteiger partial charge in [-0.05, 0) is 103 Å². The Bertz CT molecular complexity index is 3550. The molecular formula is C61H44N2. The van der Waals surface area contributed by atoms with E-state index in [2.05, 4.69) is 254 Å². The molecule has 0 N–H and O–H groups in total. The maximum Gasteiger partial charge on any atom is 0.0618 e. The van der Waals surface area contributed by atoms with Gasteiger partial charge in [0.2, 0.25) is 0 Å². The van der Waals surface area contributed by atoms with Crippen LogP contribution >= 0.6 is 0 Å². The summed E-state index contributed by atoms with van der Waals surface area (Å²) in [4.78, 5) is 4.97. The molecule has 0 unspecified atom stereocenters. The van der Waals surface area contributed by atoms with Gasteiger partial charge in [0.1, 0.15) is 0 Å². The van der Waals surface area contributed by atoms with Crippen molar-refractivity contribution in [2.24, 2.45) is 0 Å². The van der Waals surface area contributed by atoms with Crippen LogP contribution in [0.25, 0.3) is 65.3 Å². The van der Waals surface area contributed by atoms with Crippen LogP contribution in [0.5, 0.6) is 0 Å². The summed E-state index contributed by atoms with van der Waals surface area (Å²) in [6, 6.07) is 84.9. The van der Waals surface area contributed by atoms with Crippen molar-refractivity contribution in [1.29, 1.82) is 0 Å². The van der Waals surface area contributed by atoms with Gasteiger partial charge in [-0.2, -0.15) is 0 Å². The van der Waals surface area contributed by atoms with Crippen LogP contribution in [0, 0.1) is 0 Å². The molecule has 0 bridgehead atoms. The molecule has 2 nitrogen and oxygen atoms in total. The second kappa shape index (κ2) is 14.6. The molecule has 2 heteroatoms. The molecule has 1 aliphatic rings. The Kier molecular flexibility index (Phi) is 8.55. The van der Waals surface area contributed by atoms with E-state index in [1.54, 1.807) is 0 Å². The number of rotatable bonds is 6. The van der Waals surface area contributed by atoms with Gasteiger partial charge >= 0.3 is 0 Å². The second-order valence-electron chi connectivity index (χ2n) is 17.3. The summed E-state index contributed by atoms with van der Waals surface area (Å²) in [5.74, 6) is 0. The minimum absolute atomic E-state index is 0.228. The highest BCUT2D eigenvalue weighted by Gasteiger charge is 2.38. The Morgan fingerprint density at radius 2 is 0.905 bits per heavy atom. The summed E-state index contributed by atoms with van der Waals surface area (Å²) < 4.78 is 0. The van der Waals surface area contributed by atoms with Gasteiger partial charge in [0.05, 0.1) is 22.7 Å². The van der Waals surface area contributed by atoms with Crippen molar-refractivity contribution in [3.63, 3.8) is 0 Å². The number of benzene rings is 11. The fourth-order valence-electron chi connectivity index (χ4n) is 10.3. The van der Waals surface area contributed by atoms with Crippen LogP contribution in [0.2, 0.25) is 0 Å². The lowest BCUT2D eigenvalue weighted by atomic mass is 9.73. The molecular weight excluding hydrogens is 761 g/mol. The van der Waals surface area contributed by atoms with Gasteiger partial charge in [-0.3, -0.25) is 0 Å². The Hall–Kier alpha value is -7.94. The van der Waals surface area contributed by atoms with Crippen molar-refractivity contribution >= 4 is 77.2 Å². The summed E-state index contributed by atoms with van der Waals surface area (Å²) in [7, 11) is 0. The zero-order valence-electron chi connectivity index (χ0n) is 35.3. The molecule has 0 aliphatic carbocycles. The van der Waals surface area contributed by atoms with E-state index < -0.39 is 0 Å². The first-order chi connectivity index (χ1) is 31.0. The SMILES string of the molecule is CC1(C)c2ccccc2N(c2c(-c3cccc4ccccc34)ccc3ccccc23)c2cc(-c3ccc(N(c4ccc5ccccc5c4)c4cccc5ccccc45)cc3)ccc21. The van der Waals surface area contributed by atoms with Crippen LogP contribution in [0.15, 0.2) is 231 Å². The lowest BCUT2D eigenvalue weighted by Crippen LogP contribution is -2.31. The molecule has 12 rings (SSSR count). The number of fused-ring (bicyclic) bond motifs is 6. The van der Waals surface area contributed by atoms with Gasteiger partial charge in [-0.1, -0.05) is 202 Å². The monoisotopic (exact) mass is 804 g/mol. The van der Waals surface area contributed by atoms with E-state index in [9.17, 15) is 0 Å². The van der Waals surface area contributed by atoms with Crippen LogP contribution in [-0.4, -0.2) is 0 Å². The topological polar surface area (TPSA) is 6.48 Å². The molecule has 0 fully saturated rings. The summed E-state index contributed by atoms with van der Waals surface area (Å²) in [6.07, 6.45) is 0. The van der Waals surface area contributed by atoms with Crippen molar-refractivity contribution < 1.29 is 0 Å². The summed E-state index contributed by atoms with van der Waals surface area (Å²) in [5.41, 5.74) is 14.2. The largest absolute Gasteiger partial charge is 0.310 e. The van der Waals surface area contributed by atoms with Crippen molar-refractivity contribution in [2.45, 2.75) is 19.3 Å². The lowest BCUT2D eigenvalue weighted by Gasteiger charge is -2.43. The first kappa shape index (κ1) is 36.9. The molecule has 1 aliphatic heterocycles. The van der Waals surface area contributed by atoms with Crippen LogP contribution < -0.4 is 9.80 Å². The Labute approximate surface area is 368 Å². The lowest BCUT2D eigenvalue weighted by molar-refractivity contribution is 0.632. The van der Waals surface area contributed by atoms with Gasteiger partial charge in [0.15, 0.2) is 0 Å². The second-order valence-corrected chi connectivity index (χ2v) is 17.3. The van der Waals surface area contributed by atoms with Gasteiger partial charge in [-0.15, -0.1) is 0 Å². The highest BCUT2D eigenvalue weighted by Crippen LogP contribution is 2.56. The van der Waals surface area contributed by atoms with Crippen LogP contribution in [0.3, 0.4) is 0 Å². The van der Waals surface area contributed by atoms with Crippen molar-refractivity contribution in [2.75, 3.05) is 9.80 Å². The maximum absolute atomic E-state index is 2.56. The number of anilines is 6. The van der Waals surface area contributed by atoms with Gasteiger partial charge in [0.25, 0.3) is 0 Å². The quantitative estimate of drug-likeness (QED) is 0.165. The normalized spacial score (nSPS) is 13.0. The molecule has 63 heavy (non-hydrogen) atoms. The number of para-hydroxylation sites is 1. The summed E-state index contributed by atoms with van der Waals surface area (Å²) >= 11 is 0. The standard InChI is InChI=1S/C61H44N2/c1-61(2)55-26-11-12-27-58(55)63(60-52-24-10-7-18-45(52)32-37-54(60)53-25-13-20-43-16-5-8-22-50(43)53)59-40-47(33-38-56(59)61)42-29-34-48(35-30-42)62(49-36-31-41-15-3-4-19-46(41)39-49)57-28-14-21-44-17-6-9-23-51(44)57/h3-40H,1-2H3. The molecule has 0 atom stereocenters. The van der Waals surface area contributed by atoms with E-state index in [-0.39, 0.29) is 5.41 Å². The van der Waals surface area contributed by atoms with E-state index in [4.69, 9.17) is 0 Å². The molecule has 0 saturated heterocycles. The predicted molar refractivity (Wildman–Crippen MR) is 269 cm³/mol. The highest BCUT2D eigenvalue weighted by atomic mass is 15.2. The fraction of sp³-hybridized carbons (Fsp3) is 0.0492. The van der Waals surface area contributed by atoms with Crippen LogP contribution in [0.4, 0.5) is 34.1 Å². The maximum atomic E-state index is 2.56. The fourth-order valence-corrected chi connectivity index (χ4v) is 10.3. The van der Waals surface area contributed by atoms with Gasteiger partial charge < -0.3 is 9.80 Å². The molecule has 0 aromatic heterocycles. The van der Waals surface area contributed by atoms with Crippen molar-refractivity contribution in [3.8, 4) is 22.3 Å². The average molecular weight is 805 g/mol. The minimum Gasteiger partial charge on any atom is -0.310 e. The third kappa shape index (κ3) is 6.02.